The summed E-state index contributed by atoms with van der Waals surface area (Å²) in [5, 5.41) is 11.5. The quantitative estimate of drug-likeness (QED) is 0.766. The molecule has 7 nitrogen and oxygen atoms in total. The number of rotatable bonds is 4. The maximum Gasteiger partial charge on any atom is 0.255 e. The van der Waals surface area contributed by atoms with E-state index in [1.54, 1.807) is 10.9 Å². The van der Waals surface area contributed by atoms with Gasteiger partial charge in [-0.1, -0.05) is 31.1 Å². The lowest BCUT2D eigenvalue weighted by Gasteiger charge is -2.14. The highest BCUT2D eigenvalue weighted by Gasteiger charge is 2.26. The third kappa shape index (κ3) is 3.25. The van der Waals surface area contributed by atoms with E-state index < -0.39 is 0 Å². The molecule has 0 saturated heterocycles. The Hall–Kier alpha value is -2.96. The Morgan fingerprint density at radius 3 is 2.85 bits per heavy atom. The molecule has 1 aliphatic rings. The zero-order chi connectivity index (χ0) is 19.1. The summed E-state index contributed by atoms with van der Waals surface area (Å²) in [5.41, 5.74) is 4.68. The fourth-order valence-corrected chi connectivity index (χ4v) is 3.55. The van der Waals surface area contributed by atoms with Crippen LogP contribution in [0.15, 0.2) is 28.9 Å². The molecule has 4 rings (SSSR count). The van der Waals surface area contributed by atoms with Gasteiger partial charge in [-0.3, -0.25) is 9.48 Å². The number of amides is 1. The highest BCUT2D eigenvalue weighted by atomic mass is 16.5. The summed E-state index contributed by atoms with van der Waals surface area (Å²) in [5.74, 6) is 1.38. The number of carbonyl (C=O) groups excluding carboxylic acids is 1. The first kappa shape index (κ1) is 17.5. The zero-order valence-corrected chi connectivity index (χ0v) is 16.0. The van der Waals surface area contributed by atoms with Crippen molar-refractivity contribution < 1.29 is 9.32 Å². The largest absolute Gasteiger partial charge is 0.345 e. The summed E-state index contributed by atoms with van der Waals surface area (Å²) in [6.07, 6.45) is 3.55. The summed E-state index contributed by atoms with van der Waals surface area (Å²) >= 11 is 0. The SMILES string of the molecule is Cc1nn(C)cc1C(=O)N[C@@H]1CCc2cc(-c3noc(C(C)C)n3)ccc21. The molecule has 140 valence electrons. The molecule has 2 aromatic heterocycles. The molecular weight excluding hydrogens is 342 g/mol. The van der Waals surface area contributed by atoms with Gasteiger partial charge in [0.1, 0.15) is 0 Å². The van der Waals surface area contributed by atoms with Crippen LogP contribution in [-0.4, -0.2) is 25.8 Å². The molecule has 0 saturated carbocycles. The van der Waals surface area contributed by atoms with Crippen LogP contribution in [0.4, 0.5) is 0 Å². The van der Waals surface area contributed by atoms with Gasteiger partial charge in [0.25, 0.3) is 5.91 Å². The standard InChI is InChI=1S/C20H23N5O2/c1-11(2)20-22-18(24-27-20)14-5-7-15-13(9-14)6-8-17(15)21-19(26)16-10-25(4)23-12(16)3/h5,7,9-11,17H,6,8H2,1-4H3,(H,21,26)/t17-/m1/s1. The van der Waals surface area contributed by atoms with E-state index in [1.165, 1.54) is 5.56 Å². The van der Waals surface area contributed by atoms with Gasteiger partial charge in [-0.15, -0.1) is 0 Å². The highest BCUT2D eigenvalue weighted by Crippen LogP contribution is 2.34. The van der Waals surface area contributed by atoms with Crippen LogP contribution in [0.1, 0.15) is 65.3 Å². The van der Waals surface area contributed by atoms with Crippen molar-refractivity contribution >= 4 is 5.91 Å². The first-order valence-corrected chi connectivity index (χ1v) is 9.20. The molecule has 1 N–H and O–H groups in total. The van der Waals surface area contributed by atoms with Crippen molar-refractivity contribution in [3.63, 3.8) is 0 Å². The molecule has 3 aromatic rings. The van der Waals surface area contributed by atoms with Crippen molar-refractivity contribution in [1.29, 1.82) is 0 Å². The van der Waals surface area contributed by atoms with E-state index in [2.05, 4.69) is 32.7 Å². The zero-order valence-electron chi connectivity index (χ0n) is 16.0. The number of hydrogen-bond acceptors (Lipinski definition) is 5. The van der Waals surface area contributed by atoms with Gasteiger partial charge in [-0.05, 0) is 37.0 Å². The maximum atomic E-state index is 12.6. The molecule has 1 aromatic carbocycles. The smallest absolute Gasteiger partial charge is 0.255 e. The number of hydrogen-bond donors (Lipinski definition) is 1. The average molecular weight is 365 g/mol. The summed E-state index contributed by atoms with van der Waals surface area (Å²) in [6, 6.07) is 6.17. The van der Waals surface area contributed by atoms with E-state index in [1.807, 2.05) is 33.9 Å². The van der Waals surface area contributed by atoms with Crippen LogP contribution in [0.25, 0.3) is 11.4 Å². The predicted molar refractivity (Wildman–Crippen MR) is 100 cm³/mol. The summed E-state index contributed by atoms with van der Waals surface area (Å²) in [4.78, 5) is 17.1. The second kappa shape index (κ2) is 6.64. The van der Waals surface area contributed by atoms with Gasteiger partial charge in [-0.25, -0.2) is 0 Å². The van der Waals surface area contributed by atoms with Crippen molar-refractivity contribution in [2.24, 2.45) is 7.05 Å². The molecule has 0 fully saturated rings. The van der Waals surface area contributed by atoms with E-state index in [0.717, 1.165) is 29.7 Å². The van der Waals surface area contributed by atoms with Gasteiger partial charge < -0.3 is 9.84 Å². The molecular formula is C20H23N5O2. The minimum absolute atomic E-state index is 0.0117. The van der Waals surface area contributed by atoms with Crippen molar-refractivity contribution in [3.8, 4) is 11.4 Å². The molecule has 27 heavy (non-hydrogen) atoms. The van der Waals surface area contributed by atoms with E-state index in [-0.39, 0.29) is 17.9 Å². The van der Waals surface area contributed by atoms with Gasteiger partial charge in [0.2, 0.25) is 11.7 Å². The minimum Gasteiger partial charge on any atom is -0.345 e. The van der Waals surface area contributed by atoms with Crippen molar-refractivity contribution in [3.05, 3.63) is 52.7 Å². The molecule has 7 heteroatoms. The van der Waals surface area contributed by atoms with Crippen LogP contribution in [0, 0.1) is 6.92 Å². The second-order valence-electron chi connectivity index (χ2n) is 7.39. The topological polar surface area (TPSA) is 85.8 Å². The molecule has 0 spiro atoms. The van der Waals surface area contributed by atoms with Crippen molar-refractivity contribution in [1.82, 2.24) is 25.2 Å². The van der Waals surface area contributed by atoms with Crippen LogP contribution in [0.2, 0.25) is 0 Å². The Morgan fingerprint density at radius 1 is 1.37 bits per heavy atom. The van der Waals surface area contributed by atoms with Gasteiger partial charge in [0.15, 0.2) is 0 Å². The predicted octanol–water partition coefficient (Wildman–Crippen LogP) is 3.32. The first-order valence-electron chi connectivity index (χ1n) is 9.20. The average Bonchev–Trinajstić information content (AvgIpc) is 3.33. The lowest BCUT2D eigenvalue weighted by Crippen LogP contribution is -2.27. The number of nitrogens with zero attached hydrogens (tertiary/aromatic N) is 4. The number of benzene rings is 1. The Bertz CT molecular complexity index is 1000. The van der Waals surface area contributed by atoms with Crippen molar-refractivity contribution in [2.45, 2.75) is 45.6 Å². The molecule has 1 aliphatic carbocycles. The third-order valence-corrected chi connectivity index (χ3v) is 4.98. The van der Waals surface area contributed by atoms with Crippen LogP contribution in [0.5, 0.6) is 0 Å². The van der Waals surface area contributed by atoms with Gasteiger partial charge in [-0.2, -0.15) is 10.1 Å². The van der Waals surface area contributed by atoms with Crippen LogP contribution in [-0.2, 0) is 13.5 Å². The first-order chi connectivity index (χ1) is 12.9. The molecule has 0 bridgehead atoms. The number of carbonyl (C=O) groups is 1. The lowest BCUT2D eigenvalue weighted by molar-refractivity contribution is 0.0936. The number of fused-ring (bicyclic) bond motifs is 1. The summed E-state index contributed by atoms with van der Waals surface area (Å²) in [6.45, 7) is 5.90. The minimum atomic E-state index is -0.0812. The molecule has 2 heterocycles. The van der Waals surface area contributed by atoms with E-state index in [9.17, 15) is 4.79 Å². The number of aromatic nitrogens is 4. The van der Waals surface area contributed by atoms with E-state index in [4.69, 9.17) is 4.52 Å². The number of aryl methyl sites for hydroxylation is 3. The lowest BCUT2D eigenvalue weighted by atomic mass is 10.0. The normalized spacial score (nSPS) is 16.0. The fraction of sp³-hybridized carbons (Fsp3) is 0.400. The van der Waals surface area contributed by atoms with Crippen LogP contribution in [0.3, 0.4) is 0 Å². The summed E-state index contributed by atoms with van der Waals surface area (Å²) in [7, 11) is 1.82. The van der Waals surface area contributed by atoms with Crippen LogP contribution >= 0.6 is 0 Å². The molecule has 1 atom stereocenters. The Labute approximate surface area is 157 Å². The summed E-state index contributed by atoms with van der Waals surface area (Å²) < 4.78 is 6.97. The molecule has 0 radical (unpaired) electrons. The monoisotopic (exact) mass is 365 g/mol. The highest BCUT2D eigenvalue weighted by molar-refractivity contribution is 5.95. The molecule has 0 aliphatic heterocycles. The molecule has 0 unspecified atom stereocenters. The van der Waals surface area contributed by atoms with Gasteiger partial charge >= 0.3 is 0 Å². The second-order valence-corrected chi connectivity index (χ2v) is 7.39. The fourth-order valence-electron chi connectivity index (χ4n) is 3.55. The Kier molecular flexibility index (Phi) is 4.30. The Balaban J connectivity index is 1.54. The number of nitrogens with one attached hydrogen (secondary N) is 1. The Morgan fingerprint density at radius 2 is 2.19 bits per heavy atom. The maximum absolute atomic E-state index is 12.6. The van der Waals surface area contributed by atoms with E-state index >= 15 is 0 Å². The third-order valence-electron chi connectivity index (χ3n) is 4.98. The van der Waals surface area contributed by atoms with Crippen molar-refractivity contribution in [2.75, 3.05) is 0 Å². The van der Waals surface area contributed by atoms with Crippen LogP contribution < -0.4 is 5.32 Å². The molecule has 1 amide bonds. The van der Waals surface area contributed by atoms with Gasteiger partial charge in [0.05, 0.1) is 17.3 Å². The van der Waals surface area contributed by atoms with Gasteiger partial charge in [0, 0.05) is 24.7 Å². The van der Waals surface area contributed by atoms with E-state index in [0.29, 0.717) is 17.3 Å².